The molecule has 0 radical (unpaired) electrons. The van der Waals surface area contributed by atoms with E-state index in [2.05, 4.69) is 15.2 Å². The van der Waals surface area contributed by atoms with E-state index in [-0.39, 0.29) is 24.2 Å². The smallest absolute Gasteiger partial charge is 0.303 e. The van der Waals surface area contributed by atoms with Crippen molar-refractivity contribution in [3.05, 3.63) is 71.2 Å². The first-order chi connectivity index (χ1) is 16.9. The number of likely N-dealkylation sites (tertiary alicyclic amines) is 1. The second kappa shape index (κ2) is 11.3. The van der Waals surface area contributed by atoms with Crippen molar-refractivity contribution in [2.45, 2.75) is 45.3 Å². The zero-order valence-electron chi connectivity index (χ0n) is 19.8. The van der Waals surface area contributed by atoms with Gasteiger partial charge in [-0.05, 0) is 56.0 Å². The molecule has 1 saturated heterocycles. The molecule has 8 heteroatoms. The van der Waals surface area contributed by atoms with Crippen LogP contribution >= 0.6 is 0 Å². The molecule has 3 aromatic rings. The average Bonchev–Trinajstić information content (AvgIpc) is 2.83. The maximum Gasteiger partial charge on any atom is 0.303 e. The number of fused-ring (bicyclic) bond motifs is 1. The Bertz CT molecular complexity index is 1210. The summed E-state index contributed by atoms with van der Waals surface area (Å²) < 4.78 is 20.1. The van der Waals surface area contributed by atoms with Crippen LogP contribution in [0.2, 0.25) is 0 Å². The van der Waals surface area contributed by atoms with Crippen LogP contribution in [0.4, 0.5) is 4.39 Å². The number of nitrogens with one attached hydrogen (secondary N) is 1. The molecule has 7 nitrogen and oxygen atoms in total. The molecule has 1 aliphatic rings. The minimum absolute atomic E-state index is 0.0206. The van der Waals surface area contributed by atoms with Crippen LogP contribution in [0.25, 0.3) is 10.9 Å². The Hall–Kier alpha value is -3.52. The summed E-state index contributed by atoms with van der Waals surface area (Å²) in [6, 6.07) is 13.9. The van der Waals surface area contributed by atoms with Gasteiger partial charge >= 0.3 is 5.97 Å². The van der Waals surface area contributed by atoms with Crippen molar-refractivity contribution in [3.63, 3.8) is 0 Å². The highest BCUT2D eigenvalue weighted by atomic mass is 19.1. The lowest BCUT2D eigenvalue weighted by atomic mass is 10.0. The van der Waals surface area contributed by atoms with Crippen LogP contribution in [0.1, 0.15) is 47.3 Å². The summed E-state index contributed by atoms with van der Waals surface area (Å²) in [5.41, 5.74) is 3.10. The lowest BCUT2D eigenvalue weighted by molar-refractivity contribution is -0.137. The van der Waals surface area contributed by atoms with Crippen molar-refractivity contribution in [1.82, 2.24) is 15.2 Å². The molecule has 184 valence electrons. The number of hydrogen-bond acceptors (Lipinski definition) is 5. The molecule has 1 amide bonds. The molecule has 1 aliphatic heterocycles. The van der Waals surface area contributed by atoms with E-state index in [1.54, 1.807) is 12.1 Å². The monoisotopic (exact) mass is 479 g/mol. The number of aryl methyl sites for hydroxylation is 1. The van der Waals surface area contributed by atoms with Crippen LogP contribution in [-0.2, 0) is 11.3 Å². The molecule has 0 saturated carbocycles. The maximum absolute atomic E-state index is 13.8. The van der Waals surface area contributed by atoms with E-state index in [1.807, 2.05) is 31.2 Å². The van der Waals surface area contributed by atoms with Gasteiger partial charge in [0.05, 0.1) is 5.52 Å². The first kappa shape index (κ1) is 24.6. The molecule has 0 unspecified atom stereocenters. The van der Waals surface area contributed by atoms with Crippen LogP contribution in [0.3, 0.4) is 0 Å². The molecular weight excluding hydrogens is 449 g/mol. The molecular formula is C27H30FN3O4. The predicted octanol–water partition coefficient (Wildman–Crippen LogP) is 4.32. The van der Waals surface area contributed by atoms with Crippen molar-refractivity contribution in [2.75, 3.05) is 19.6 Å². The number of benzene rings is 2. The minimum atomic E-state index is -0.869. The third-order valence-corrected chi connectivity index (χ3v) is 6.20. The Morgan fingerprint density at radius 2 is 1.94 bits per heavy atom. The first-order valence-corrected chi connectivity index (χ1v) is 11.9. The number of carbonyl (C=O) groups is 2. The van der Waals surface area contributed by atoms with Crippen molar-refractivity contribution in [2.24, 2.45) is 0 Å². The van der Waals surface area contributed by atoms with Crippen LogP contribution < -0.4 is 10.1 Å². The van der Waals surface area contributed by atoms with Crippen molar-refractivity contribution in [3.8, 4) is 5.75 Å². The zero-order chi connectivity index (χ0) is 24.8. The molecule has 2 heterocycles. The van der Waals surface area contributed by atoms with Crippen LogP contribution in [0, 0.1) is 12.7 Å². The fourth-order valence-corrected chi connectivity index (χ4v) is 4.41. The lowest BCUT2D eigenvalue weighted by Gasteiger charge is -2.32. The highest BCUT2D eigenvalue weighted by Gasteiger charge is 2.23. The molecule has 1 fully saturated rings. The highest BCUT2D eigenvalue weighted by Crippen LogP contribution is 2.29. The number of carboxylic acids is 1. The number of halogens is 1. The Kier molecular flexibility index (Phi) is 7.92. The van der Waals surface area contributed by atoms with Gasteiger partial charge in [0.25, 0.3) is 5.91 Å². The predicted molar refractivity (Wildman–Crippen MR) is 131 cm³/mol. The van der Waals surface area contributed by atoms with Gasteiger partial charge in [0.2, 0.25) is 0 Å². The third kappa shape index (κ3) is 6.54. The number of carboxylic acid groups (broad SMARTS) is 1. The standard InChI is InChI=1S/C27H30FN3O4/c1-18-15-25(23-16-20(28)8-9-24(23)30-18)35-21-10-13-31(14-11-21)17-19-5-2-3-6-22(19)27(34)29-12-4-7-26(32)33/h2-3,5-6,8-9,15-16,21H,4,7,10-14,17H2,1H3,(H,29,34)(H,32,33). The molecule has 1 aromatic heterocycles. The third-order valence-electron chi connectivity index (χ3n) is 6.20. The molecule has 2 aromatic carbocycles. The van der Waals surface area contributed by atoms with Gasteiger partial charge in [-0.3, -0.25) is 19.5 Å². The van der Waals surface area contributed by atoms with Gasteiger partial charge in [0, 0.05) is 55.3 Å². The van der Waals surface area contributed by atoms with E-state index in [0.29, 0.717) is 36.2 Å². The second-order valence-corrected chi connectivity index (χ2v) is 8.93. The molecule has 2 N–H and O–H groups in total. The highest BCUT2D eigenvalue weighted by molar-refractivity contribution is 5.95. The lowest BCUT2D eigenvalue weighted by Crippen LogP contribution is -2.38. The molecule has 35 heavy (non-hydrogen) atoms. The summed E-state index contributed by atoms with van der Waals surface area (Å²) in [4.78, 5) is 30.1. The van der Waals surface area contributed by atoms with Crippen LogP contribution in [0.5, 0.6) is 5.75 Å². The van der Waals surface area contributed by atoms with Gasteiger partial charge < -0.3 is 15.2 Å². The number of ether oxygens (including phenoxy) is 1. The van der Waals surface area contributed by atoms with Crippen molar-refractivity contribution >= 4 is 22.8 Å². The Morgan fingerprint density at radius 3 is 2.71 bits per heavy atom. The topological polar surface area (TPSA) is 91.8 Å². The van der Waals surface area contributed by atoms with E-state index >= 15 is 0 Å². The molecule has 0 spiro atoms. The zero-order valence-corrected chi connectivity index (χ0v) is 19.8. The van der Waals surface area contributed by atoms with Gasteiger partial charge in [-0.15, -0.1) is 0 Å². The van der Waals surface area contributed by atoms with E-state index in [0.717, 1.165) is 42.7 Å². The Labute approximate surface area is 203 Å². The fraction of sp³-hybridized carbons (Fsp3) is 0.370. The number of amides is 1. The van der Waals surface area contributed by atoms with E-state index < -0.39 is 5.97 Å². The van der Waals surface area contributed by atoms with E-state index in [1.165, 1.54) is 12.1 Å². The SMILES string of the molecule is Cc1cc(OC2CCN(Cc3ccccc3C(=O)NCCCC(=O)O)CC2)c2cc(F)ccc2n1. The van der Waals surface area contributed by atoms with Crippen LogP contribution in [0.15, 0.2) is 48.5 Å². The fourth-order valence-electron chi connectivity index (χ4n) is 4.41. The number of rotatable bonds is 9. The second-order valence-electron chi connectivity index (χ2n) is 8.93. The summed E-state index contributed by atoms with van der Waals surface area (Å²) in [6.07, 6.45) is 2.09. The average molecular weight is 480 g/mol. The van der Waals surface area contributed by atoms with Crippen molar-refractivity contribution in [1.29, 1.82) is 0 Å². The van der Waals surface area contributed by atoms with Gasteiger partial charge in [0.15, 0.2) is 0 Å². The van der Waals surface area contributed by atoms with E-state index in [9.17, 15) is 14.0 Å². The number of piperidine rings is 1. The molecule has 0 aliphatic carbocycles. The minimum Gasteiger partial charge on any atom is -0.490 e. The number of aliphatic carboxylic acids is 1. The Balaban J connectivity index is 1.34. The number of carbonyl (C=O) groups excluding carboxylic acids is 1. The summed E-state index contributed by atoms with van der Waals surface area (Å²) in [5.74, 6) is -0.703. The van der Waals surface area contributed by atoms with Gasteiger partial charge in [-0.25, -0.2) is 4.39 Å². The largest absolute Gasteiger partial charge is 0.490 e. The maximum atomic E-state index is 13.8. The molecule has 0 bridgehead atoms. The summed E-state index contributed by atoms with van der Waals surface area (Å²) in [7, 11) is 0. The van der Waals surface area contributed by atoms with Gasteiger partial charge in [-0.1, -0.05) is 18.2 Å². The molecule has 0 atom stereocenters. The number of pyridine rings is 1. The van der Waals surface area contributed by atoms with Gasteiger partial charge in [0.1, 0.15) is 17.7 Å². The van der Waals surface area contributed by atoms with Crippen LogP contribution in [-0.4, -0.2) is 52.6 Å². The van der Waals surface area contributed by atoms with Gasteiger partial charge in [-0.2, -0.15) is 0 Å². The quantitative estimate of drug-likeness (QED) is 0.444. The van der Waals surface area contributed by atoms with E-state index in [4.69, 9.17) is 9.84 Å². The summed E-state index contributed by atoms with van der Waals surface area (Å²) in [6.45, 7) is 4.51. The number of aromatic nitrogens is 1. The van der Waals surface area contributed by atoms with Crippen molar-refractivity contribution < 1.29 is 23.8 Å². The molecule has 4 rings (SSSR count). The Morgan fingerprint density at radius 1 is 1.17 bits per heavy atom. The number of nitrogens with zero attached hydrogens (tertiary/aromatic N) is 2. The first-order valence-electron chi connectivity index (χ1n) is 11.9. The number of hydrogen-bond donors (Lipinski definition) is 2. The normalized spacial score (nSPS) is 14.7. The summed E-state index contributed by atoms with van der Waals surface area (Å²) in [5, 5.41) is 12.2. The summed E-state index contributed by atoms with van der Waals surface area (Å²) >= 11 is 0.